The molecule has 2 heterocycles. The Bertz CT molecular complexity index is 1490. The quantitative estimate of drug-likeness (QED) is 0.449. The Kier molecular flexibility index (Phi) is 7.50. The van der Waals surface area contributed by atoms with Crippen molar-refractivity contribution in [2.75, 3.05) is 32.4 Å². The van der Waals surface area contributed by atoms with E-state index in [-0.39, 0.29) is 29.1 Å². The summed E-state index contributed by atoms with van der Waals surface area (Å²) in [5.74, 6) is -2.16. The molecule has 39 heavy (non-hydrogen) atoms. The topological polar surface area (TPSA) is 98.2 Å². The van der Waals surface area contributed by atoms with E-state index >= 15 is 0 Å². The molecule has 2 saturated heterocycles. The van der Waals surface area contributed by atoms with Crippen molar-refractivity contribution in [2.45, 2.75) is 31.2 Å². The lowest BCUT2D eigenvalue weighted by Gasteiger charge is -2.46. The molecule has 2 aliphatic rings. The summed E-state index contributed by atoms with van der Waals surface area (Å²) in [6.45, 7) is 3.15. The maximum atomic E-state index is 14.9. The van der Waals surface area contributed by atoms with E-state index in [0.29, 0.717) is 54.9 Å². The van der Waals surface area contributed by atoms with Crippen LogP contribution >= 0.6 is 0 Å². The van der Waals surface area contributed by atoms with Crippen LogP contribution in [0.15, 0.2) is 60.7 Å². The number of halogens is 1. The Morgan fingerprint density at radius 3 is 2.51 bits per heavy atom. The summed E-state index contributed by atoms with van der Waals surface area (Å²) in [6, 6.07) is 19.0. The highest BCUT2D eigenvalue weighted by Gasteiger charge is 2.46. The maximum absolute atomic E-state index is 14.9. The predicted octanol–water partition coefficient (Wildman–Crippen LogP) is 4.06. The van der Waals surface area contributed by atoms with Crippen LogP contribution < -0.4 is 0 Å². The number of aromatic hydroxyl groups is 2. The molecule has 2 aliphatic heterocycles. The lowest BCUT2D eigenvalue weighted by molar-refractivity contribution is 0.0646. The number of benzene rings is 3. The number of piperidine rings is 1. The molecule has 3 aromatic carbocycles. The number of carbonyl (C=O) groups excluding carboxylic acids is 1. The number of phenols is 2. The fourth-order valence-corrected chi connectivity index (χ4v) is 7.12. The monoisotopic (exact) mass is 551 g/mol. The van der Waals surface area contributed by atoms with Crippen molar-refractivity contribution >= 4 is 15.8 Å². The molecule has 1 unspecified atom stereocenters. The number of likely N-dealkylation sites (tertiary alicyclic amines) is 1. The summed E-state index contributed by atoms with van der Waals surface area (Å²) in [5, 5.41) is 21.0. The SMILES string of the molecule is Cc1c(F)cccc1[C@H]1[C@@H](C(=O)c2cccc(O)c2)CN(C2CCN(S(C)(=O)=O)C2)C[C@@H]1c1[c]cccc1O. The number of ketones is 1. The summed E-state index contributed by atoms with van der Waals surface area (Å²) in [6.07, 6.45) is 1.81. The molecule has 0 aromatic heterocycles. The third-order valence-electron chi connectivity index (χ3n) is 8.21. The van der Waals surface area contributed by atoms with Gasteiger partial charge in [0.2, 0.25) is 10.0 Å². The summed E-state index contributed by atoms with van der Waals surface area (Å²) in [4.78, 5) is 16.3. The Labute approximate surface area is 228 Å². The molecular formula is C30H32FN2O5S. The van der Waals surface area contributed by atoms with Crippen molar-refractivity contribution in [3.63, 3.8) is 0 Å². The molecule has 0 spiro atoms. The number of Topliss-reactive ketones (excluding diaryl/α,β-unsaturated/α-hetero) is 1. The molecule has 3 aromatic rings. The van der Waals surface area contributed by atoms with E-state index in [9.17, 15) is 27.8 Å². The van der Waals surface area contributed by atoms with Gasteiger partial charge in [-0.2, -0.15) is 0 Å². The van der Waals surface area contributed by atoms with Gasteiger partial charge in [-0.15, -0.1) is 0 Å². The fraction of sp³-hybridized carbons (Fsp3) is 0.367. The first-order chi connectivity index (χ1) is 18.5. The summed E-state index contributed by atoms with van der Waals surface area (Å²) in [7, 11) is -3.36. The summed E-state index contributed by atoms with van der Waals surface area (Å²) < 4.78 is 40.8. The lowest BCUT2D eigenvalue weighted by Crippen LogP contribution is -2.51. The van der Waals surface area contributed by atoms with Gasteiger partial charge in [0.15, 0.2) is 5.78 Å². The zero-order valence-electron chi connectivity index (χ0n) is 21.9. The summed E-state index contributed by atoms with van der Waals surface area (Å²) in [5.41, 5.74) is 1.99. The maximum Gasteiger partial charge on any atom is 0.211 e. The number of nitrogens with zero attached hydrogens (tertiary/aromatic N) is 2. The van der Waals surface area contributed by atoms with E-state index in [1.54, 1.807) is 43.3 Å². The second-order valence-electron chi connectivity index (χ2n) is 10.6. The normalized spacial score (nSPS) is 24.6. The molecule has 4 atom stereocenters. The van der Waals surface area contributed by atoms with Crippen LogP contribution in [0.25, 0.3) is 0 Å². The van der Waals surface area contributed by atoms with E-state index in [1.807, 2.05) is 6.07 Å². The van der Waals surface area contributed by atoms with Crippen LogP contribution in [0.1, 0.15) is 45.3 Å². The van der Waals surface area contributed by atoms with E-state index in [2.05, 4.69) is 11.0 Å². The van der Waals surface area contributed by atoms with Crippen molar-refractivity contribution in [1.82, 2.24) is 9.21 Å². The minimum atomic E-state index is -3.36. The number of phenolic OH excluding ortho intramolecular Hbond substituents is 2. The first kappa shape index (κ1) is 27.3. The highest BCUT2D eigenvalue weighted by atomic mass is 32.2. The molecule has 0 aliphatic carbocycles. The Morgan fingerprint density at radius 2 is 1.82 bits per heavy atom. The molecule has 1 radical (unpaired) electrons. The Morgan fingerprint density at radius 1 is 1.05 bits per heavy atom. The first-order valence-corrected chi connectivity index (χ1v) is 14.9. The molecular weight excluding hydrogens is 519 g/mol. The van der Waals surface area contributed by atoms with Gasteiger partial charge in [0, 0.05) is 61.1 Å². The highest BCUT2D eigenvalue weighted by molar-refractivity contribution is 7.88. The third-order valence-corrected chi connectivity index (χ3v) is 9.48. The van der Waals surface area contributed by atoms with Crippen molar-refractivity contribution < 1.29 is 27.8 Å². The van der Waals surface area contributed by atoms with Crippen molar-refractivity contribution in [3.05, 3.63) is 94.8 Å². The van der Waals surface area contributed by atoms with Gasteiger partial charge in [0.05, 0.1) is 6.26 Å². The largest absolute Gasteiger partial charge is 0.508 e. The van der Waals surface area contributed by atoms with Gasteiger partial charge in [-0.05, 0) is 54.8 Å². The van der Waals surface area contributed by atoms with Gasteiger partial charge in [-0.1, -0.05) is 36.4 Å². The van der Waals surface area contributed by atoms with Crippen LogP contribution in [0.3, 0.4) is 0 Å². The molecule has 5 rings (SSSR count). The van der Waals surface area contributed by atoms with Gasteiger partial charge < -0.3 is 10.2 Å². The summed E-state index contributed by atoms with van der Waals surface area (Å²) >= 11 is 0. The van der Waals surface area contributed by atoms with E-state index in [1.165, 1.54) is 28.8 Å². The van der Waals surface area contributed by atoms with Crippen molar-refractivity contribution in [1.29, 1.82) is 0 Å². The van der Waals surface area contributed by atoms with Crippen LogP contribution in [0.5, 0.6) is 11.5 Å². The van der Waals surface area contributed by atoms with Gasteiger partial charge in [-0.25, -0.2) is 17.1 Å². The minimum Gasteiger partial charge on any atom is -0.508 e. The average Bonchev–Trinajstić information content (AvgIpc) is 3.41. The second kappa shape index (κ2) is 10.7. The zero-order valence-corrected chi connectivity index (χ0v) is 22.7. The lowest BCUT2D eigenvalue weighted by atomic mass is 9.67. The molecule has 205 valence electrons. The second-order valence-corrected chi connectivity index (χ2v) is 12.6. The van der Waals surface area contributed by atoms with Gasteiger partial charge in [0.1, 0.15) is 17.3 Å². The van der Waals surface area contributed by atoms with Crippen LogP contribution in [-0.4, -0.2) is 72.1 Å². The van der Waals surface area contributed by atoms with E-state index < -0.39 is 27.8 Å². The average molecular weight is 552 g/mol. The van der Waals surface area contributed by atoms with Gasteiger partial charge >= 0.3 is 0 Å². The first-order valence-electron chi connectivity index (χ1n) is 13.0. The number of hydrogen-bond acceptors (Lipinski definition) is 6. The number of carbonyl (C=O) groups is 1. The van der Waals surface area contributed by atoms with E-state index in [4.69, 9.17) is 0 Å². The Hall–Kier alpha value is -3.27. The molecule has 0 bridgehead atoms. The van der Waals surface area contributed by atoms with Crippen LogP contribution in [0, 0.1) is 24.7 Å². The zero-order chi connectivity index (χ0) is 27.9. The van der Waals surface area contributed by atoms with Crippen LogP contribution in [0.4, 0.5) is 4.39 Å². The molecule has 9 heteroatoms. The van der Waals surface area contributed by atoms with Crippen LogP contribution in [0.2, 0.25) is 0 Å². The predicted molar refractivity (Wildman–Crippen MR) is 146 cm³/mol. The standard InChI is InChI=1S/C30H32FN2O5S/c1-19-23(10-6-11-27(19)31)29-25(24-9-3-4-12-28(24)35)17-32(21-13-14-33(16-21)39(2,37)38)18-26(29)30(36)20-7-5-8-22(34)15-20/h3-8,10-12,15,21,25-26,29,34-35H,13-14,16-18H2,1-2H3/t21?,25-,26+,29-/m1/s1. The minimum absolute atomic E-state index is 0.0304. The molecule has 2 fully saturated rings. The van der Waals surface area contributed by atoms with Crippen molar-refractivity contribution in [3.8, 4) is 11.5 Å². The smallest absolute Gasteiger partial charge is 0.211 e. The van der Waals surface area contributed by atoms with Gasteiger partial charge in [0.25, 0.3) is 0 Å². The highest BCUT2D eigenvalue weighted by Crippen LogP contribution is 2.48. The molecule has 0 amide bonds. The fourth-order valence-electron chi connectivity index (χ4n) is 6.24. The van der Waals surface area contributed by atoms with Crippen LogP contribution in [-0.2, 0) is 10.0 Å². The third kappa shape index (κ3) is 5.44. The van der Waals surface area contributed by atoms with E-state index in [0.717, 1.165) is 0 Å². The molecule has 0 saturated carbocycles. The number of sulfonamides is 1. The molecule has 7 nitrogen and oxygen atoms in total. The van der Waals surface area contributed by atoms with Gasteiger partial charge in [-0.3, -0.25) is 9.69 Å². The molecule has 2 N–H and O–H groups in total. The number of rotatable bonds is 6. The number of hydrogen-bond donors (Lipinski definition) is 2. The Balaban J connectivity index is 1.64. The van der Waals surface area contributed by atoms with Crippen molar-refractivity contribution in [2.24, 2.45) is 5.92 Å².